The third kappa shape index (κ3) is 3.94. The normalized spacial score (nSPS) is 10.6. The fraction of sp³-hybridized carbons (Fsp3) is 0.143. The Balaban J connectivity index is 1.89. The Bertz CT molecular complexity index is 998. The lowest BCUT2D eigenvalue weighted by atomic mass is 10.0. The molecule has 0 saturated heterocycles. The minimum Gasteiger partial charge on any atom is -0.496 e. The topological polar surface area (TPSA) is 55.4 Å². The largest absolute Gasteiger partial charge is 0.496 e. The number of nitrogens with one attached hydrogen (secondary N) is 1. The van der Waals surface area contributed by atoms with Gasteiger partial charge in [-0.1, -0.05) is 40.2 Å². The highest BCUT2D eigenvalue weighted by atomic mass is 79.9. The smallest absolute Gasteiger partial charge is 0.228 e. The lowest BCUT2D eigenvalue weighted by Crippen LogP contribution is -2.15. The number of carbonyl (C=O) groups is 2. The molecule has 4 nitrogen and oxygen atoms in total. The average molecular weight is 412 g/mol. The first-order valence-corrected chi connectivity index (χ1v) is 8.93. The minimum absolute atomic E-state index is 0.0394. The number of amides is 1. The van der Waals surface area contributed by atoms with Crippen molar-refractivity contribution in [2.45, 2.75) is 13.3 Å². The summed E-state index contributed by atoms with van der Waals surface area (Å²) in [6.07, 6.45) is 0.173. The fourth-order valence-electron chi connectivity index (χ4n) is 2.90. The molecule has 0 saturated carbocycles. The van der Waals surface area contributed by atoms with Gasteiger partial charge in [0.15, 0.2) is 5.78 Å². The summed E-state index contributed by atoms with van der Waals surface area (Å²) in [6.45, 7) is 1.50. The number of halogens is 1. The van der Waals surface area contributed by atoms with Gasteiger partial charge < -0.3 is 10.1 Å². The van der Waals surface area contributed by atoms with E-state index in [1.807, 2.05) is 30.3 Å². The minimum atomic E-state index is -0.167. The van der Waals surface area contributed by atoms with Gasteiger partial charge >= 0.3 is 0 Å². The van der Waals surface area contributed by atoms with Gasteiger partial charge in [0.25, 0.3) is 0 Å². The molecular weight excluding hydrogens is 394 g/mol. The van der Waals surface area contributed by atoms with E-state index in [-0.39, 0.29) is 18.1 Å². The van der Waals surface area contributed by atoms with E-state index in [1.54, 1.807) is 31.4 Å². The van der Waals surface area contributed by atoms with Crippen molar-refractivity contribution in [3.05, 3.63) is 70.2 Å². The number of fused-ring (bicyclic) bond motifs is 1. The second-order valence-corrected chi connectivity index (χ2v) is 6.89. The van der Waals surface area contributed by atoms with E-state index in [1.165, 1.54) is 6.92 Å². The summed E-state index contributed by atoms with van der Waals surface area (Å²) in [5.74, 6) is 0.467. The van der Waals surface area contributed by atoms with E-state index in [0.717, 1.165) is 20.8 Å². The van der Waals surface area contributed by atoms with Crippen LogP contribution in [0.4, 0.5) is 5.69 Å². The Morgan fingerprint density at radius 2 is 1.88 bits per heavy atom. The Morgan fingerprint density at radius 3 is 2.62 bits per heavy atom. The van der Waals surface area contributed by atoms with Crippen LogP contribution in [0.3, 0.4) is 0 Å². The first kappa shape index (κ1) is 18.1. The number of ketones is 1. The monoisotopic (exact) mass is 411 g/mol. The average Bonchev–Trinajstić information content (AvgIpc) is 2.61. The van der Waals surface area contributed by atoms with Gasteiger partial charge in [-0.05, 0) is 48.0 Å². The van der Waals surface area contributed by atoms with Crippen LogP contribution in [0.25, 0.3) is 10.8 Å². The summed E-state index contributed by atoms with van der Waals surface area (Å²) >= 11 is 3.47. The molecule has 132 valence electrons. The van der Waals surface area contributed by atoms with E-state index < -0.39 is 0 Å². The molecule has 0 unspecified atom stereocenters. The van der Waals surface area contributed by atoms with Crippen molar-refractivity contribution < 1.29 is 14.3 Å². The van der Waals surface area contributed by atoms with Crippen molar-refractivity contribution in [1.29, 1.82) is 0 Å². The molecular formula is C21H18BrNO3. The number of benzene rings is 3. The summed E-state index contributed by atoms with van der Waals surface area (Å²) in [6, 6.07) is 16.7. The number of anilines is 1. The maximum atomic E-state index is 12.6. The molecule has 0 fully saturated rings. The maximum absolute atomic E-state index is 12.6. The van der Waals surface area contributed by atoms with Crippen LogP contribution in [-0.2, 0) is 11.2 Å². The SMILES string of the molecule is COc1ccc2cc(Br)ccc2c1CC(=O)Nc1cccc(C(C)=O)c1. The van der Waals surface area contributed by atoms with Gasteiger partial charge in [-0.25, -0.2) is 0 Å². The van der Waals surface area contributed by atoms with E-state index in [9.17, 15) is 9.59 Å². The van der Waals surface area contributed by atoms with Crippen molar-refractivity contribution in [2.75, 3.05) is 12.4 Å². The Kier molecular flexibility index (Phi) is 5.38. The Labute approximate surface area is 160 Å². The predicted molar refractivity (Wildman–Crippen MR) is 107 cm³/mol. The van der Waals surface area contributed by atoms with Crippen LogP contribution in [0.15, 0.2) is 59.1 Å². The van der Waals surface area contributed by atoms with Crippen LogP contribution in [0, 0.1) is 0 Å². The third-order valence-corrected chi connectivity index (χ3v) is 4.65. The Morgan fingerprint density at radius 1 is 1.08 bits per heavy atom. The molecule has 3 aromatic carbocycles. The second kappa shape index (κ2) is 7.70. The quantitative estimate of drug-likeness (QED) is 0.601. The molecule has 26 heavy (non-hydrogen) atoms. The summed E-state index contributed by atoms with van der Waals surface area (Å²) in [7, 11) is 1.60. The molecule has 3 rings (SSSR count). The molecule has 3 aromatic rings. The zero-order chi connectivity index (χ0) is 18.7. The van der Waals surface area contributed by atoms with Crippen LogP contribution >= 0.6 is 15.9 Å². The number of hydrogen-bond donors (Lipinski definition) is 1. The molecule has 0 spiro atoms. The number of methoxy groups -OCH3 is 1. The standard InChI is InChI=1S/C21H18BrNO3/c1-13(24)14-4-3-5-17(11-14)23-21(25)12-19-18-8-7-16(22)10-15(18)6-9-20(19)26-2/h3-11H,12H2,1-2H3,(H,23,25). The highest BCUT2D eigenvalue weighted by Crippen LogP contribution is 2.30. The number of hydrogen-bond acceptors (Lipinski definition) is 3. The highest BCUT2D eigenvalue weighted by Gasteiger charge is 2.14. The van der Waals surface area contributed by atoms with Gasteiger partial charge in [-0.3, -0.25) is 9.59 Å². The summed E-state index contributed by atoms with van der Waals surface area (Å²) in [5.41, 5.74) is 2.00. The number of carbonyl (C=O) groups excluding carboxylic acids is 2. The first-order valence-electron chi connectivity index (χ1n) is 8.14. The lowest BCUT2D eigenvalue weighted by molar-refractivity contribution is -0.115. The lowest BCUT2D eigenvalue weighted by Gasteiger charge is -2.13. The molecule has 0 heterocycles. The van der Waals surface area contributed by atoms with Crippen LogP contribution in [-0.4, -0.2) is 18.8 Å². The molecule has 5 heteroatoms. The van der Waals surface area contributed by atoms with Crippen molar-refractivity contribution >= 4 is 44.1 Å². The predicted octanol–water partition coefficient (Wildman–Crippen LogP) is 4.99. The van der Waals surface area contributed by atoms with Gasteiger partial charge in [0.1, 0.15) is 5.75 Å². The zero-order valence-corrected chi connectivity index (χ0v) is 16.1. The molecule has 0 bridgehead atoms. The van der Waals surface area contributed by atoms with Crippen molar-refractivity contribution in [2.24, 2.45) is 0 Å². The molecule has 0 aliphatic rings. The van der Waals surface area contributed by atoms with Crippen molar-refractivity contribution in [3.63, 3.8) is 0 Å². The van der Waals surface area contributed by atoms with E-state index in [4.69, 9.17) is 4.74 Å². The highest BCUT2D eigenvalue weighted by molar-refractivity contribution is 9.10. The first-order chi connectivity index (χ1) is 12.5. The van der Waals surface area contributed by atoms with Crippen LogP contribution < -0.4 is 10.1 Å². The van der Waals surface area contributed by atoms with E-state index in [0.29, 0.717) is 17.0 Å². The molecule has 0 aliphatic heterocycles. The van der Waals surface area contributed by atoms with E-state index >= 15 is 0 Å². The molecule has 1 amide bonds. The summed E-state index contributed by atoms with van der Waals surface area (Å²) in [4.78, 5) is 24.1. The van der Waals surface area contributed by atoms with Gasteiger partial charge in [0.05, 0.1) is 13.5 Å². The van der Waals surface area contributed by atoms with Crippen LogP contribution in [0.2, 0.25) is 0 Å². The van der Waals surface area contributed by atoms with Crippen LogP contribution in [0.5, 0.6) is 5.75 Å². The van der Waals surface area contributed by atoms with E-state index in [2.05, 4.69) is 21.2 Å². The van der Waals surface area contributed by atoms with Gasteiger partial charge in [-0.15, -0.1) is 0 Å². The fourth-order valence-corrected chi connectivity index (χ4v) is 3.28. The molecule has 0 atom stereocenters. The van der Waals surface area contributed by atoms with Crippen molar-refractivity contribution in [1.82, 2.24) is 0 Å². The van der Waals surface area contributed by atoms with Gasteiger partial charge in [0.2, 0.25) is 5.91 Å². The number of Topliss-reactive ketones (excluding diaryl/α,β-unsaturated/α-hetero) is 1. The molecule has 0 radical (unpaired) electrons. The molecule has 0 aliphatic carbocycles. The summed E-state index contributed by atoms with van der Waals surface area (Å²) < 4.78 is 6.43. The number of ether oxygens (including phenoxy) is 1. The van der Waals surface area contributed by atoms with Gasteiger partial charge in [0, 0.05) is 21.3 Å². The summed E-state index contributed by atoms with van der Waals surface area (Å²) in [5, 5.41) is 4.86. The third-order valence-electron chi connectivity index (χ3n) is 4.16. The zero-order valence-electron chi connectivity index (χ0n) is 14.5. The van der Waals surface area contributed by atoms with Crippen molar-refractivity contribution in [3.8, 4) is 5.75 Å². The molecule has 1 N–H and O–H groups in total. The Hall–Kier alpha value is -2.66. The van der Waals surface area contributed by atoms with Crippen LogP contribution in [0.1, 0.15) is 22.8 Å². The maximum Gasteiger partial charge on any atom is 0.228 e. The second-order valence-electron chi connectivity index (χ2n) is 5.97. The van der Waals surface area contributed by atoms with Gasteiger partial charge in [-0.2, -0.15) is 0 Å². The molecule has 0 aromatic heterocycles. The number of rotatable bonds is 5.